The number of carbonyl (C=O) groups excluding carboxylic acids is 3. The molecule has 1 unspecified atom stereocenters. The van der Waals surface area contributed by atoms with Crippen molar-refractivity contribution in [2.75, 3.05) is 20.8 Å². The van der Waals surface area contributed by atoms with Gasteiger partial charge in [-0.3, -0.25) is 9.59 Å². The van der Waals surface area contributed by atoms with E-state index in [1.165, 1.54) is 20.3 Å². The van der Waals surface area contributed by atoms with Crippen LogP contribution in [0.4, 0.5) is 0 Å². The Kier molecular flexibility index (Phi) is 5.19. The zero-order valence-electron chi connectivity index (χ0n) is 15.0. The van der Waals surface area contributed by atoms with Crippen molar-refractivity contribution in [1.29, 1.82) is 0 Å². The second-order valence-electron chi connectivity index (χ2n) is 6.04. The van der Waals surface area contributed by atoms with Gasteiger partial charge >= 0.3 is 5.97 Å². The maximum absolute atomic E-state index is 13.2. The average Bonchev–Trinajstić information content (AvgIpc) is 2.99. The van der Waals surface area contributed by atoms with E-state index in [9.17, 15) is 14.4 Å². The summed E-state index contributed by atoms with van der Waals surface area (Å²) in [7, 11) is 2.75. The summed E-state index contributed by atoms with van der Waals surface area (Å²) in [5.74, 6) is -2.03. The highest BCUT2D eigenvalue weighted by Gasteiger charge is 2.41. The summed E-state index contributed by atoms with van der Waals surface area (Å²) in [6.45, 7) is -0.279. The van der Waals surface area contributed by atoms with E-state index in [1.807, 2.05) is 30.3 Å². The van der Waals surface area contributed by atoms with Gasteiger partial charge in [-0.1, -0.05) is 36.4 Å². The smallest absolute Gasteiger partial charge is 0.337 e. The van der Waals surface area contributed by atoms with Crippen LogP contribution in [0.15, 0.2) is 48.5 Å². The fraction of sp³-hybridized carbons (Fsp3) is 0.190. The summed E-state index contributed by atoms with van der Waals surface area (Å²) in [5, 5.41) is 0. The number of carbonyl (C=O) groups is 3. The van der Waals surface area contributed by atoms with Crippen LogP contribution in [0.25, 0.3) is 11.3 Å². The topological polar surface area (TPSA) is 95.7 Å². The molecule has 0 aliphatic heterocycles. The predicted molar refractivity (Wildman–Crippen MR) is 99.9 cm³/mol. The van der Waals surface area contributed by atoms with Crippen molar-refractivity contribution in [3.8, 4) is 0 Å². The Balaban J connectivity index is 2.27. The number of Topliss-reactive ketones (excluding diaryl/α,β-unsaturated/α-hetero) is 2. The molecule has 0 aromatic heterocycles. The van der Waals surface area contributed by atoms with Crippen LogP contribution >= 0.6 is 0 Å². The number of fused-ring (bicyclic) bond motifs is 1. The van der Waals surface area contributed by atoms with E-state index >= 15 is 0 Å². The summed E-state index contributed by atoms with van der Waals surface area (Å²) in [6, 6.07) is 13.9. The standard InChI is InChI=1S/C21H19NO5/c1-26-20(12-6-4-3-5-7-12)18-14-9-8-13(21(25)27-2)10-15(14)17(19(18)24)16(23)11-22/h3-10,17H,11,22H2,1-2H3/b20-18+. The Morgan fingerprint density at radius 1 is 1.00 bits per heavy atom. The molecule has 2 aromatic rings. The minimum Gasteiger partial charge on any atom is -0.495 e. The second kappa shape index (κ2) is 7.55. The lowest BCUT2D eigenvalue weighted by atomic mass is 9.94. The van der Waals surface area contributed by atoms with Crippen molar-refractivity contribution in [2.45, 2.75) is 5.92 Å². The van der Waals surface area contributed by atoms with Crippen molar-refractivity contribution < 1.29 is 23.9 Å². The van der Waals surface area contributed by atoms with Crippen molar-refractivity contribution in [3.05, 3.63) is 70.8 Å². The fourth-order valence-corrected chi connectivity index (χ4v) is 3.32. The highest BCUT2D eigenvalue weighted by Crippen LogP contribution is 2.43. The lowest BCUT2D eigenvalue weighted by molar-refractivity contribution is -0.125. The highest BCUT2D eigenvalue weighted by atomic mass is 16.5. The Labute approximate surface area is 156 Å². The molecule has 0 fully saturated rings. The SMILES string of the molecule is COC(=O)c1ccc2c(c1)C(C(=O)CN)C(=O)/C2=C(/OC)c1ccccc1. The molecule has 6 heteroatoms. The third kappa shape index (κ3) is 3.15. The van der Waals surface area contributed by atoms with Gasteiger partial charge in [0, 0.05) is 5.56 Å². The molecule has 0 spiro atoms. The summed E-state index contributed by atoms with van der Waals surface area (Å²) in [5.41, 5.74) is 7.80. The molecule has 1 aliphatic carbocycles. The van der Waals surface area contributed by atoms with E-state index in [2.05, 4.69) is 0 Å². The molecular weight excluding hydrogens is 346 g/mol. The van der Waals surface area contributed by atoms with Crippen LogP contribution < -0.4 is 5.73 Å². The number of benzene rings is 2. The third-order valence-electron chi connectivity index (χ3n) is 4.55. The normalized spacial score (nSPS) is 17.3. The third-order valence-corrected chi connectivity index (χ3v) is 4.55. The van der Waals surface area contributed by atoms with E-state index < -0.39 is 17.7 Å². The monoisotopic (exact) mass is 365 g/mol. The molecule has 6 nitrogen and oxygen atoms in total. The van der Waals surface area contributed by atoms with Crippen LogP contribution in [0.3, 0.4) is 0 Å². The first kappa shape index (κ1) is 18.5. The Bertz CT molecular complexity index is 946. The molecule has 2 N–H and O–H groups in total. The van der Waals surface area contributed by atoms with Crippen molar-refractivity contribution in [3.63, 3.8) is 0 Å². The first-order valence-electron chi connectivity index (χ1n) is 8.36. The molecule has 0 heterocycles. The van der Waals surface area contributed by atoms with Gasteiger partial charge in [0.25, 0.3) is 0 Å². The number of esters is 1. The summed E-state index contributed by atoms with van der Waals surface area (Å²) < 4.78 is 10.3. The summed E-state index contributed by atoms with van der Waals surface area (Å²) in [4.78, 5) is 37.4. The van der Waals surface area contributed by atoms with Gasteiger partial charge in [0.15, 0.2) is 11.6 Å². The zero-order valence-corrected chi connectivity index (χ0v) is 15.0. The highest BCUT2D eigenvalue weighted by molar-refractivity contribution is 6.38. The van der Waals surface area contributed by atoms with Gasteiger partial charge in [-0.05, 0) is 23.3 Å². The van der Waals surface area contributed by atoms with Crippen LogP contribution in [0, 0.1) is 0 Å². The maximum atomic E-state index is 13.2. The summed E-state index contributed by atoms with van der Waals surface area (Å²) >= 11 is 0. The molecule has 138 valence electrons. The van der Waals surface area contributed by atoms with Crippen LogP contribution in [0.2, 0.25) is 0 Å². The summed E-state index contributed by atoms with van der Waals surface area (Å²) in [6.07, 6.45) is 0. The molecule has 0 radical (unpaired) electrons. The predicted octanol–water partition coefficient (Wildman–Crippen LogP) is 2.18. The molecule has 1 atom stereocenters. The largest absolute Gasteiger partial charge is 0.495 e. The van der Waals surface area contributed by atoms with Gasteiger partial charge in [-0.25, -0.2) is 4.79 Å². The van der Waals surface area contributed by atoms with Gasteiger partial charge in [-0.15, -0.1) is 0 Å². The number of nitrogens with two attached hydrogens (primary N) is 1. The molecule has 2 aromatic carbocycles. The van der Waals surface area contributed by atoms with Gasteiger partial charge < -0.3 is 15.2 Å². The van der Waals surface area contributed by atoms with Crippen LogP contribution in [-0.2, 0) is 19.1 Å². The van der Waals surface area contributed by atoms with E-state index in [0.29, 0.717) is 28.0 Å². The van der Waals surface area contributed by atoms with Crippen LogP contribution in [0.1, 0.15) is 33.0 Å². The molecule has 0 bridgehead atoms. The number of ether oxygens (including phenoxy) is 2. The molecule has 0 saturated carbocycles. The lowest BCUT2D eigenvalue weighted by Gasteiger charge is -2.11. The number of hydrogen-bond donors (Lipinski definition) is 1. The van der Waals surface area contributed by atoms with E-state index in [4.69, 9.17) is 15.2 Å². The van der Waals surface area contributed by atoms with Crippen molar-refractivity contribution in [1.82, 2.24) is 0 Å². The average molecular weight is 365 g/mol. The molecule has 0 saturated heterocycles. The lowest BCUT2D eigenvalue weighted by Crippen LogP contribution is -2.25. The minimum absolute atomic E-state index is 0.263. The molecule has 1 aliphatic rings. The second-order valence-corrected chi connectivity index (χ2v) is 6.04. The van der Waals surface area contributed by atoms with Crippen LogP contribution in [-0.4, -0.2) is 38.3 Å². The molecular formula is C21H19NO5. The van der Waals surface area contributed by atoms with Gasteiger partial charge in [0.2, 0.25) is 0 Å². The first-order valence-corrected chi connectivity index (χ1v) is 8.36. The zero-order chi connectivity index (χ0) is 19.6. The number of methoxy groups -OCH3 is 2. The Morgan fingerprint density at radius 3 is 2.30 bits per heavy atom. The van der Waals surface area contributed by atoms with E-state index in [1.54, 1.807) is 12.1 Å². The number of hydrogen-bond acceptors (Lipinski definition) is 6. The first-order chi connectivity index (χ1) is 13.0. The van der Waals surface area contributed by atoms with Crippen LogP contribution in [0.5, 0.6) is 0 Å². The number of ketones is 2. The van der Waals surface area contributed by atoms with Crippen molar-refractivity contribution in [2.24, 2.45) is 5.73 Å². The van der Waals surface area contributed by atoms with Gasteiger partial charge in [0.05, 0.1) is 31.9 Å². The van der Waals surface area contributed by atoms with E-state index in [0.717, 1.165) is 0 Å². The van der Waals surface area contributed by atoms with Gasteiger partial charge in [0.1, 0.15) is 11.7 Å². The van der Waals surface area contributed by atoms with Gasteiger partial charge in [-0.2, -0.15) is 0 Å². The minimum atomic E-state index is -1.06. The molecule has 27 heavy (non-hydrogen) atoms. The Morgan fingerprint density at radius 2 is 1.70 bits per heavy atom. The maximum Gasteiger partial charge on any atom is 0.337 e. The number of allylic oxidation sites excluding steroid dienone is 1. The fourth-order valence-electron chi connectivity index (χ4n) is 3.32. The molecule has 0 amide bonds. The quantitative estimate of drug-likeness (QED) is 0.378. The van der Waals surface area contributed by atoms with Crippen molar-refractivity contribution >= 4 is 28.9 Å². The Hall–Kier alpha value is -3.25. The molecule has 3 rings (SSSR count). The number of rotatable bonds is 5. The van der Waals surface area contributed by atoms with E-state index in [-0.39, 0.29) is 17.9 Å².